The Morgan fingerprint density at radius 3 is 2.41 bits per heavy atom. The summed E-state index contributed by atoms with van der Waals surface area (Å²) in [4.78, 5) is 21.4. The van der Waals surface area contributed by atoms with Crippen LogP contribution in [-0.2, 0) is 11.3 Å². The molecule has 2 aromatic carbocycles. The molecule has 0 radical (unpaired) electrons. The third-order valence-electron chi connectivity index (χ3n) is 3.90. The van der Waals surface area contributed by atoms with Crippen LogP contribution in [0.3, 0.4) is 0 Å². The normalized spacial score (nSPS) is 10.4. The molecule has 0 aliphatic heterocycles. The summed E-state index contributed by atoms with van der Waals surface area (Å²) in [5, 5.41) is 6.08. The zero-order chi connectivity index (χ0) is 18.9. The van der Waals surface area contributed by atoms with Crippen LogP contribution in [0.25, 0.3) is 11.4 Å². The molecule has 138 valence electrons. The first-order valence-electron chi connectivity index (χ1n) is 8.75. The van der Waals surface area contributed by atoms with Crippen LogP contribution in [-0.4, -0.2) is 36.1 Å². The van der Waals surface area contributed by atoms with Crippen molar-refractivity contribution in [1.82, 2.24) is 15.3 Å². The summed E-state index contributed by atoms with van der Waals surface area (Å²) in [5.74, 6) is 0.851. The lowest BCUT2D eigenvalue weighted by Crippen LogP contribution is -2.28. The molecule has 0 bridgehead atoms. The van der Waals surface area contributed by atoms with Gasteiger partial charge < -0.3 is 15.4 Å². The number of hydrogen-bond donors (Lipinski definition) is 2. The fourth-order valence-electron chi connectivity index (χ4n) is 2.52. The van der Waals surface area contributed by atoms with E-state index in [1.165, 1.54) is 0 Å². The van der Waals surface area contributed by atoms with E-state index in [2.05, 4.69) is 20.6 Å². The summed E-state index contributed by atoms with van der Waals surface area (Å²) in [5.41, 5.74) is 2.30. The lowest BCUT2D eigenvalue weighted by molar-refractivity contribution is 0.0932. The molecule has 1 aromatic heterocycles. The van der Waals surface area contributed by atoms with E-state index >= 15 is 0 Å². The average Bonchev–Trinajstić information content (AvgIpc) is 2.73. The summed E-state index contributed by atoms with van der Waals surface area (Å²) in [7, 11) is 1.59. The van der Waals surface area contributed by atoms with Gasteiger partial charge in [0.2, 0.25) is 0 Å². The van der Waals surface area contributed by atoms with E-state index in [-0.39, 0.29) is 5.91 Å². The molecule has 0 spiro atoms. The number of aromatic nitrogens is 2. The van der Waals surface area contributed by atoms with Crippen LogP contribution in [0.4, 0.5) is 5.82 Å². The number of benzene rings is 2. The summed E-state index contributed by atoms with van der Waals surface area (Å²) < 4.78 is 4.97. The molecule has 0 unspecified atom stereocenters. The first kappa shape index (κ1) is 18.5. The van der Waals surface area contributed by atoms with Gasteiger partial charge in [-0.05, 0) is 5.56 Å². The van der Waals surface area contributed by atoms with Gasteiger partial charge in [-0.25, -0.2) is 9.97 Å². The molecule has 27 heavy (non-hydrogen) atoms. The van der Waals surface area contributed by atoms with Crippen LogP contribution in [0.15, 0.2) is 66.7 Å². The number of rotatable bonds is 8. The highest BCUT2D eigenvalue weighted by atomic mass is 16.5. The Labute approximate surface area is 158 Å². The molecule has 6 heteroatoms. The highest BCUT2D eigenvalue weighted by molar-refractivity contribution is 5.93. The van der Waals surface area contributed by atoms with Gasteiger partial charge >= 0.3 is 0 Å². The Bertz CT molecular complexity index is 870. The SMILES string of the molecule is COCCNC(=O)c1cc(NCc2ccccc2)nc(-c2ccccc2)n1. The summed E-state index contributed by atoms with van der Waals surface area (Å²) in [6.07, 6.45) is 0. The number of nitrogens with zero attached hydrogens (tertiary/aromatic N) is 2. The number of carbonyl (C=O) groups excluding carboxylic acids is 1. The fraction of sp³-hybridized carbons (Fsp3) is 0.190. The monoisotopic (exact) mass is 362 g/mol. The van der Waals surface area contributed by atoms with Crippen LogP contribution >= 0.6 is 0 Å². The van der Waals surface area contributed by atoms with Crippen LogP contribution in [0.5, 0.6) is 0 Å². The van der Waals surface area contributed by atoms with E-state index in [1.807, 2.05) is 60.7 Å². The smallest absolute Gasteiger partial charge is 0.270 e. The highest BCUT2D eigenvalue weighted by Crippen LogP contribution is 2.18. The number of amides is 1. The lowest BCUT2D eigenvalue weighted by atomic mass is 10.2. The second-order valence-electron chi connectivity index (χ2n) is 5.92. The van der Waals surface area contributed by atoms with Crippen LogP contribution < -0.4 is 10.6 Å². The molecule has 0 fully saturated rings. The first-order valence-corrected chi connectivity index (χ1v) is 8.75. The molecular weight excluding hydrogens is 340 g/mol. The molecule has 0 aliphatic carbocycles. The molecular formula is C21H22N4O2. The molecule has 1 heterocycles. The predicted octanol–water partition coefficient (Wildman–Crippen LogP) is 3.13. The van der Waals surface area contributed by atoms with Gasteiger partial charge in [0.15, 0.2) is 5.82 Å². The first-order chi connectivity index (χ1) is 13.3. The molecule has 1 amide bonds. The lowest BCUT2D eigenvalue weighted by Gasteiger charge is -2.11. The van der Waals surface area contributed by atoms with Crippen molar-refractivity contribution in [2.75, 3.05) is 25.6 Å². The van der Waals surface area contributed by atoms with E-state index in [4.69, 9.17) is 4.74 Å². The Hall–Kier alpha value is -3.25. The summed E-state index contributed by atoms with van der Waals surface area (Å²) in [6, 6.07) is 21.3. The molecule has 6 nitrogen and oxygen atoms in total. The molecule has 0 aliphatic rings. The van der Waals surface area contributed by atoms with Crippen LogP contribution in [0, 0.1) is 0 Å². The van der Waals surface area contributed by atoms with Gasteiger partial charge in [0, 0.05) is 31.8 Å². The van der Waals surface area contributed by atoms with Crippen molar-refractivity contribution < 1.29 is 9.53 Å². The molecule has 0 saturated carbocycles. The fourth-order valence-corrected chi connectivity index (χ4v) is 2.52. The van der Waals surface area contributed by atoms with Gasteiger partial charge in [-0.2, -0.15) is 0 Å². The highest BCUT2D eigenvalue weighted by Gasteiger charge is 2.13. The maximum absolute atomic E-state index is 12.4. The molecule has 3 aromatic rings. The third kappa shape index (κ3) is 5.36. The predicted molar refractivity (Wildman–Crippen MR) is 105 cm³/mol. The van der Waals surface area contributed by atoms with E-state index in [0.29, 0.717) is 37.0 Å². The van der Waals surface area contributed by atoms with E-state index < -0.39 is 0 Å². The zero-order valence-electron chi connectivity index (χ0n) is 15.2. The largest absolute Gasteiger partial charge is 0.383 e. The Balaban J connectivity index is 1.84. The maximum Gasteiger partial charge on any atom is 0.270 e. The van der Waals surface area contributed by atoms with Crippen LogP contribution in [0.1, 0.15) is 16.1 Å². The summed E-state index contributed by atoms with van der Waals surface area (Å²) >= 11 is 0. The minimum Gasteiger partial charge on any atom is -0.383 e. The minimum atomic E-state index is -0.255. The van der Waals surface area contributed by atoms with Gasteiger partial charge in [-0.1, -0.05) is 60.7 Å². The number of ether oxygens (including phenoxy) is 1. The Kier molecular flexibility index (Phi) is 6.49. The standard InChI is InChI=1S/C21H22N4O2/c1-27-13-12-22-21(26)18-14-19(23-15-16-8-4-2-5-9-16)25-20(24-18)17-10-6-3-7-11-17/h2-11,14H,12-13,15H2,1H3,(H,22,26)(H,23,24,25). The second-order valence-corrected chi connectivity index (χ2v) is 5.92. The average molecular weight is 362 g/mol. The van der Waals surface area contributed by atoms with Crippen molar-refractivity contribution in [3.05, 3.63) is 78.0 Å². The van der Waals surface area contributed by atoms with Crippen molar-refractivity contribution in [3.8, 4) is 11.4 Å². The Morgan fingerprint density at radius 2 is 1.70 bits per heavy atom. The van der Waals surface area contributed by atoms with Crippen LogP contribution in [0.2, 0.25) is 0 Å². The van der Waals surface area contributed by atoms with Gasteiger partial charge in [0.1, 0.15) is 11.5 Å². The topological polar surface area (TPSA) is 76.1 Å². The van der Waals surface area contributed by atoms with E-state index in [1.54, 1.807) is 13.2 Å². The van der Waals surface area contributed by atoms with Crippen molar-refractivity contribution in [3.63, 3.8) is 0 Å². The maximum atomic E-state index is 12.4. The quantitative estimate of drug-likeness (QED) is 0.602. The number of methoxy groups -OCH3 is 1. The second kappa shape index (κ2) is 9.45. The van der Waals surface area contributed by atoms with Crippen molar-refractivity contribution in [2.24, 2.45) is 0 Å². The van der Waals surface area contributed by atoms with Gasteiger partial charge in [-0.15, -0.1) is 0 Å². The molecule has 0 atom stereocenters. The van der Waals surface area contributed by atoms with E-state index in [0.717, 1.165) is 11.1 Å². The van der Waals surface area contributed by atoms with Crippen molar-refractivity contribution in [1.29, 1.82) is 0 Å². The third-order valence-corrected chi connectivity index (χ3v) is 3.90. The Morgan fingerprint density at radius 1 is 1.00 bits per heavy atom. The van der Waals surface area contributed by atoms with Gasteiger partial charge in [0.25, 0.3) is 5.91 Å². The number of anilines is 1. The number of carbonyl (C=O) groups is 1. The number of hydrogen-bond acceptors (Lipinski definition) is 5. The van der Waals surface area contributed by atoms with Crippen molar-refractivity contribution >= 4 is 11.7 Å². The van der Waals surface area contributed by atoms with Crippen molar-refractivity contribution in [2.45, 2.75) is 6.54 Å². The minimum absolute atomic E-state index is 0.255. The van der Waals surface area contributed by atoms with Gasteiger partial charge in [-0.3, -0.25) is 4.79 Å². The molecule has 0 saturated heterocycles. The molecule has 2 N–H and O–H groups in total. The summed E-state index contributed by atoms with van der Waals surface area (Å²) in [6.45, 7) is 1.48. The number of nitrogens with one attached hydrogen (secondary N) is 2. The van der Waals surface area contributed by atoms with E-state index in [9.17, 15) is 4.79 Å². The molecule has 3 rings (SSSR count). The van der Waals surface area contributed by atoms with Gasteiger partial charge in [0.05, 0.1) is 6.61 Å². The zero-order valence-corrected chi connectivity index (χ0v) is 15.2.